The predicted molar refractivity (Wildman–Crippen MR) is 215 cm³/mol. The van der Waals surface area contributed by atoms with Gasteiger partial charge in [-0.05, 0) is 31.1 Å². The van der Waals surface area contributed by atoms with Crippen molar-refractivity contribution >= 4 is 17.9 Å². The van der Waals surface area contributed by atoms with E-state index in [1.165, 1.54) is 128 Å². The molecule has 0 aliphatic heterocycles. The van der Waals surface area contributed by atoms with Crippen molar-refractivity contribution in [3.05, 3.63) is 0 Å². The monoisotopic (exact) mass is 723 g/mol. The maximum absolute atomic E-state index is 12.6. The van der Waals surface area contributed by atoms with Gasteiger partial charge < -0.3 is 14.2 Å². The van der Waals surface area contributed by atoms with E-state index in [-0.39, 0.29) is 31.1 Å². The van der Waals surface area contributed by atoms with E-state index in [4.69, 9.17) is 14.2 Å². The molecule has 0 aromatic rings. The Morgan fingerprint density at radius 2 is 0.647 bits per heavy atom. The Labute approximate surface area is 317 Å². The smallest absolute Gasteiger partial charge is 0.306 e. The molecule has 1 atom stereocenters. The normalized spacial score (nSPS) is 12.1. The largest absolute Gasteiger partial charge is 0.462 e. The second kappa shape index (κ2) is 38.1. The molecule has 0 fully saturated rings. The number of carbonyl (C=O) groups excluding carboxylic acids is 3. The second-order valence-corrected chi connectivity index (χ2v) is 16.3. The molecule has 0 spiro atoms. The van der Waals surface area contributed by atoms with Gasteiger partial charge in [0.1, 0.15) is 13.2 Å². The van der Waals surface area contributed by atoms with Crippen molar-refractivity contribution < 1.29 is 28.6 Å². The van der Waals surface area contributed by atoms with E-state index in [0.29, 0.717) is 19.3 Å². The average Bonchev–Trinajstić information content (AvgIpc) is 3.09. The molecule has 0 bridgehead atoms. The number of rotatable bonds is 39. The molecule has 0 aromatic heterocycles. The quantitative estimate of drug-likeness (QED) is 0.0357. The van der Waals surface area contributed by atoms with Crippen molar-refractivity contribution in [1.29, 1.82) is 0 Å². The molecule has 0 radical (unpaired) electrons. The van der Waals surface area contributed by atoms with E-state index in [1.807, 2.05) is 0 Å². The zero-order chi connectivity index (χ0) is 37.6. The lowest BCUT2D eigenvalue weighted by Gasteiger charge is -2.18. The predicted octanol–water partition coefficient (Wildman–Crippen LogP) is 13.8. The third-order valence-electron chi connectivity index (χ3n) is 9.97. The van der Waals surface area contributed by atoms with E-state index in [0.717, 1.165) is 69.6 Å². The summed E-state index contributed by atoms with van der Waals surface area (Å²) in [6.07, 6.45) is 35.2. The van der Waals surface area contributed by atoms with Crippen LogP contribution in [-0.4, -0.2) is 37.2 Å². The van der Waals surface area contributed by atoms with Gasteiger partial charge in [0.25, 0.3) is 0 Å². The topological polar surface area (TPSA) is 78.9 Å². The average molecular weight is 723 g/mol. The Morgan fingerprint density at radius 1 is 0.373 bits per heavy atom. The molecule has 0 N–H and O–H groups in total. The Balaban J connectivity index is 4.30. The van der Waals surface area contributed by atoms with Gasteiger partial charge in [-0.15, -0.1) is 0 Å². The summed E-state index contributed by atoms with van der Waals surface area (Å²) in [5.41, 5.74) is 0. The molecule has 0 heterocycles. The molecular formula is C45H86O6. The number of hydrogen-bond donors (Lipinski definition) is 0. The second-order valence-electron chi connectivity index (χ2n) is 16.3. The van der Waals surface area contributed by atoms with Gasteiger partial charge in [0, 0.05) is 19.3 Å². The Morgan fingerprint density at radius 3 is 0.961 bits per heavy atom. The summed E-state index contributed by atoms with van der Waals surface area (Å²) >= 11 is 0. The highest BCUT2D eigenvalue weighted by atomic mass is 16.6. The van der Waals surface area contributed by atoms with Gasteiger partial charge in [0.15, 0.2) is 6.10 Å². The number of esters is 3. The summed E-state index contributed by atoms with van der Waals surface area (Å²) in [4.78, 5) is 37.6. The van der Waals surface area contributed by atoms with Crippen LogP contribution in [0, 0.1) is 11.8 Å². The first kappa shape index (κ1) is 49.4. The van der Waals surface area contributed by atoms with Crippen molar-refractivity contribution in [3.63, 3.8) is 0 Å². The van der Waals surface area contributed by atoms with Gasteiger partial charge in [-0.1, -0.05) is 202 Å². The van der Waals surface area contributed by atoms with Crippen LogP contribution in [0.2, 0.25) is 0 Å². The molecule has 0 unspecified atom stereocenters. The molecule has 0 saturated carbocycles. The maximum atomic E-state index is 12.6. The van der Waals surface area contributed by atoms with E-state index in [1.54, 1.807) is 0 Å². The Hall–Kier alpha value is -1.59. The number of ether oxygens (including phenoxy) is 3. The molecule has 6 heteroatoms. The molecule has 302 valence electrons. The third kappa shape index (κ3) is 39.5. The van der Waals surface area contributed by atoms with Crippen molar-refractivity contribution in [2.24, 2.45) is 11.8 Å². The summed E-state index contributed by atoms with van der Waals surface area (Å²) in [7, 11) is 0. The summed E-state index contributed by atoms with van der Waals surface area (Å²) in [5, 5.41) is 0. The molecule has 6 nitrogen and oxygen atoms in total. The highest BCUT2D eigenvalue weighted by Crippen LogP contribution is 2.16. The lowest BCUT2D eigenvalue weighted by atomic mass is 10.0. The van der Waals surface area contributed by atoms with Crippen molar-refractivity contribution in [2.45, 2.75) is 246 Å². The van der Waals surface area contributed by atoms with Gasteiger partial charge in [0.05, 0.1) is 0 Å². The first-order valence-corrected chi connectivity index (χ1v) is 22.2. The fourth-order valence-corrected chi connectivity index (χ4v) is 6.58. The third-order valence-corrected chi connectivity index (χ3v) is 9.97. The molecule has 0 rings (SSSR count). The lowest BCUT2D eigenvalue weighted by Crippen LogP contribution is -2.30. The van der Waals surface area contributed by atoms with Crippen LogP contribution < -0.4 is 0 Å². The molecule has 51 heavy (non-hydrogen) atoms. The van der Waals surface area contributed by atoms with Crippen LogP contribution in [0.15, 0.2) is 0 Å². The lowest BCUT2D eigenvalue weighted by molar-refractivity contribution is -0.167. The van der Waals surface area contributed by atoms with Gasteiger partial charge in [-0.25, -0.2) is 0 Å². The fourth-order valence-electron chi connectivity index (χ4n) is 6.58. The molecule has 0 aliphatic rings. The van der Waals surface area contributed by atoms with Crippen LogP contribution >= 0.6 is 0 Å². The van der Waals surface area contributed by atoms with Crippen LogP contribution in [0.4, 0.5) is 0 Å². The van der Waals surface area contributed by atoms with Gasteiger partial charge in [0.2, 0.25) is 0 Å². The zero-order valence-electron chi connectivity index (χ0n) is 34.7. The molecule has 0 aliphatic carbocycles. The maximum Gasteiger partial charge on any atom is 0.306 e. The van der Waals surface area contributed by atoms with Gasteiger partial charge in [-0.3, -0.25) is 14.4 Å². The van der Waals surface area contributed by atoms with Crippen LogP contribution in [0.5, 0.6) is 0 Å². The Bertz CT molecular complexity index is 779. The Kier molecular flexibility index (Phi) is 37.0. The van der Waals surface area contributed by atoms with Crippen LogP contribution in [0.3, 0.4) is 0 Å². The minimum Gasteiger partial charge on any atom is -0.462 e. The van der Waals surface area contributed by atoms with Crippen LogP contribution in [-0.2, 0) is 28.6 Å². The minimum absolute atomic E-state index is 0.0656. The minimum atomic E-state index is -0.759. The van der Waals surface area contributed by atoms with E-state index in [2.05, 4.69) is 34.6 Å². The van der Waals surface area contributed by atoms with E-state index < -0.39 is 6.10 Å². The molecule has 0 saturated heterocycles. The summed E-state index contributed by atoms with van der Waals surface area (Å²) in [6, 6.07) is 0. The molecular weight excluding hydrogens is 636 g/mol. The first-order valence-electron chi connectivity index (χ1n) is 22.2. The van der Waals surface area contributed by atoms with Crippen LogP contribution in [0.1, 0.15) is 240 Å². The SMILES string of the molecule is CCCCCCCCCCCC(=O)O[C@@H](COC(=O)CCCCCCCCCCCCCC(C)C)COC(=O)CCCCCCCCCC(C)C. The van der Waals surface area contributed by atoms with Crippen molar-refractivity contribution in [1.82, 2.24) is 0 Å². The zero-order valence-corrected chi connectivity index (χ0v) is 34.7. The van der Waals surface area contributed by atoms with Gasteiger partial charge in [-0.2, -0.15) is 0 Å². The highest BCUT2D eigenvalue weighted by Gasteiger charge is 2.19. The van der Waals surface area contributed by atoms with Crippen molar-refractivity contribution in [2.75, 3.05) is 13.2 Å². The summed E-state index contributed by atoms with van der Waals surface area (Å²) in [6.45, 7) is 11.3. The van der Waals surface area contributed by atoms with E-state index in [9.17, 15) is 14.4 Å². The molecule has 0 amide bonds. The number of hydrogen-bond acceptors (Lipinski definition) is 6. The number of unbranched alkanes of at least 4 members (excludes halogenated alkanes) is 24. The molecule has 0 aromatic carbocycles. The van der Waals surface area contributed by atoms with E-state index >= 15 is 0 Å². The van der Waals surface area contributed by atoms with Gasteiger partial charge >= 0.3 is 17.9 Å². The number of carbonyl (C=O) groups is 3. The standard InChI is InChI=1S/C45H86O6/c1-6-7-8-9-10-14-21-27-32-37-45(48)51-42(39-50-44(47)36-31-26-22-17-19-24-29-34-41(4)5)38-49-43(46)35-30-25-20-16-13-11-12-15-18-23-28-33-40(2)3/h40-42H,6-39H2,1-5H3/t42-/m0/s1. The first-order chi connectivity index (χ1) is 24.7. The fraction of sp³-hybridized carbons (Fsp3) is 0.933. The summed E-state index contributed by atoms with van der Waals surface area (Å²) in [5.74, 6) is 0.745. The highest BCUT2D eigenvalue weighted by molar-refractivity contribution is 5.71. The summed E-state index contributed by atoms with van der Waals surface area (Å²) < 4.78 is 16.7. The van der Waals surface area contributed by atoms with Crippen LogP contribution in [0.25, 0.3) is 0 Å². The van der Waals surface area contributed by atoms with Crippen molar-refractivity contribution in [3.8, 4) is 0 Å².